The summed E-state index contributed by atoms with van der Waals surface area (Å²) < 4.78 is 38.0. The second-order valence-corrected chi connectivity index (χ2v) is 6.25. The molecule has 0 saturated heterocycles. The van der Waals surface area contributed by atoms with Crippen LogP contribution in [0.2, 0.25) is 0 Å². The lowest BCUT2D eigenvalue weighted by atomic mass is 9.78. The Morgan fingerprint density at radius 3 is 2.38 bits per heavy atom. The summed E-state index contributed by atoms with van der Waals surface area (Å²) in [5.74, 6) is -6.72. The van der Waals surface area contributed by atoms with Crippen LogP contribution in [0.1, 0.15) is 43.1 Å². The molecule has 1 aromatic rings. The minimum absolute atomic E-state index is 0.152. The van der Waals surface area contributed by atoms with Gasteiger partial charge in [0.05, 0.1) is 24.2 Å². The van der Waals surface area contributed by atoms with Crippen molar-refractivity contribution in [2.75, 3.05) is 25.2 Å². The zero-order valence-electron chi connectivity index (χ0n) is 15.1. The van der Waals surface area contributed by atoms with Gasteiger partial charge in [0.1, 0.15) is 0 Å². The Hall–Kier alpha value is -2.51. The molecule has 0 bridgehead atoms. The van der Waals surface area contributed by atoms with Gasteiger partial charge in [-0.2, -0.15) is 8.78 Å². The second-order valence-electron chi connectivity index (χ2n) is 6.25. The topological polar surface area (TPSA) is 72.9 Å². The Labute approximate surface area is 150 Å². The van der Waals surface area contributed by atoms with Crippen molar-refractivity contribution in [3.05, 3.63) is 29.3 Å². The summed E-state index contributed by atoms with van der Waals surface area (Å²) in [4.78, 5) is 37.5. The molecule has 0 saturated carbocycles. The fourth-order valence-corrected chi connectivity index (χ4v) is 3.13. The maximum absolute atomic E-state index is 14.3. The summed E-state index contributed by atoms with van der Waals surface area (Å²) in [6.45, 7) is 4.37. The molecule has 1 aliphatic rings. The summed E-state index contributed by atoms with van der Waals surface area (Å²) in [6.07, 6.45) is -1.05. The number of carbonyl (C=O) groups excluding carboxylic acids is 3. The summed E-state index contributed by atoms with van der Waals surface area (Å²) in [7, 11) is 1.46. The molecular formula is C18H21F2NO5. The number of carbonyl (C=O) groups is 3. The van der Waals surface area contributed by atoms with Gasteiger partial charge in [0.15, 0.2) is 0 Å². The van der Waals surface area contributed by atoms with E-state index < -0.39 is 35.6 Å². The third-order valence-electron chi connectivity index (χ3n) is 4.39. The number of hydrogen-bond donors (Lipinski definition) is 0. The normalized spacial score (nSPS) is 19.3. The first-order valence-electron chi connectivity index (χ1n) is 8.23. The number of esters is 2. The molecule has 1 heterocycles. The molecule has 0 spiro atoms. The number of rotatable bonds is 6. The monoisotopic (exact) mass is 369 g/mol. The third kappa shape index (κ3) is 3.27. The zero-order valence-corrected chi connectivity index (χ0v) is 15.1. The number of fused-ring (bicyclic) bond motifs is 1. The first-order chi connectivity index (χ1) is 12.1. The van der Waals surface area contributed by atoms with E-state index in [1.165, 1.54) is 44.0 Å². The lowest BCUT2D eigenvalue weighted by molar-refractivity contribution is -0.174. The number of amides is 1. The Morgan fingerprint density at radius 2 is 1.81 bits per heavy atom. The standard InChI is InChI=1S/C18H21F2NO5/c1-5-25-14(22)11-7-8-13-12(9-11)17(3,15(23)21(13)4)10-18(19,20)16(24)26-6-2/h7-9H,5-6,10H2,1-4H3. The van der Waals surface area contributed by atoms with E-state index in [0.29, 0.717) is 5.69 Å². The molecule has 6 nitrogen and oxygen atoms in total. The van der Waals surface area contributed by atoms with Crippen LogP contribution >= 0.6 is 0 Å². The first kappa shape index (κ1) is 19.8. The van der Waals surface area contributed by atoms with Crippen molar-refractivity contribution in [3.8, 4) is 0 Å². The highest BCUT2D eigenvalue weighted by molar-refractivity contribution is 6.08. The number of anilines is 1. The van der Waals surface area contributed by atoms with E-state index in [1.54, 1.807) is 6.92 Å². The Morgan fingerprint density at radius 1 is 1.19 bits per heavy atom. The highest BCUT2D eigenvalue weighted by Crippen LogP contribution is 2.47. The molecule has 0 aromatic heterocycles. The zero-order chi connectivity index (χ0) is 19.7. The van der Waals surface area contributed by atoms with Gasteiger partial charge in [0.2, 0.25) is 5.91 Å². The average Bonchev–Trinajstić information content (AvgIpc) is 2.76. The van der Waals surface area contributed by atoms with Gasteiger partial charge in [-0.1, -0.05) is 0 Å². The number of ether oxygens (including phenoxy) is 2. The lowest BCUT2D eigenvalue weighted by Crippen LogP contribution is -2.44. The van der Waals surface area contributed by atoms with E-state index in [2.05, 4.69) is 4.74 Å². The molecule has 1 aromatic carbocycles. The van der Waals surface area contributed by atoms with Gasteiger partial charge in [-0.15, -0.1) is 0 Å². The summed E-state index contributed by atoms with van der Waals surface area (Å²) in [5, 5.41) is 0. The van der Waals surface area contributed by atoms with Gasteiger partial charge >= 0.3 is 17.9 Å². The van der Waals surface area contributed by atoms with Crippen molar-refractivity contribution in [1.82, 2.24) is 0 Å². The molecule has 2 rings (SSSR count). The largest absolute Gasteiger partial charge is 0.462 e. The van der Waals surface area contributed by atoms with E-state index in [9.17, 15) is 23.2 Å². The van der Waals surface area contributed by atoms with Crippen LogP contribution in [0.25, 0.3) is 0 Å². The lowest BCUT2D eigenvalue weighted by Gasteiger charge is -2.27. The molecule has 0 aliphatic carbocycles. The van der Waals surface area contributed by atoms with Crippen molar-refractivity contribution in [2.24, 2.45) is 0 Å². The minimum Gasteiger partial charge on any atom is -0.462 e. The number of alkyl halides is 2. The molecule has 26 heavy (non-hydrogen) atoms. The predicted octanol–water partition coefficient (Wildman–Crippen LogP) is 2.69. The van der Waals surface area contributed by atoms with Gasteiger partial charge in [-0.3, -0.25) is 4.79 Å². The van der Waals surface area contributed by atoms with Crippen LogP contribution in [-0.2, 0) is 24.5 Å². The molecule has 0 fully saturated rings. The Bertz CT molecular complexity index is 749. The van der Waals surface area contributed by atoms with E-state index in [4.69, 9.17) is 4.74 Å². The summed E-state index contributed by atoms with van der Waals surface area (Å²) >= 11 is 0. The number of halogens is 2. The summed E-state index contributed by atoms with van der Waals surface area (Å²) in [5.41, 5.74) is -0.868. The van der Waals surface area contributed by atoms with Crippen LogP contribution in [-0.4, -0.2) is 44.0 Å². The SMILES string of the molecule is CCOC(=O)c1ccc2c(c1)C(C)(CC(F)(F)C(=O)OCC)C(=O)N2C. The average molecular weight is 369 g/mol. The first-order valence-corrected chi connectivity index (χ1v) is 8.23. The maximum Gasteiger partial charge on any atom is 0.377 e. The van der Waals surface area contributed by atoms with Crippen LogP contribution in [0.15, 0.2) is 18.2 Å². The van der Waals surface area contributed by atoms with Crippen molar-refractivity contribution in [3.63, 3.8) is 0 Å². The van der Waals surface area contributed by atoms with Crippen molar-refractivity contribution in [1.29, 1.82) is 0 Å². The van der Waals surface area contributed by atoms with E-state index in [-0.39, 0.29) is 24.3 Å². The van der Waals surface area contributed by atoms with Gasteiger partial charge in [-0.05, 0) is 44.5 Å². The number of hydrogen-bond acceptors (Lipinski definition) is 5. The highest BCUT2D eigenvalue weighted by Gasteiger charge is 2.55. The molecule has 8 heteroatoms. The molecule has 0 N–H and O–H groups in total. The molecule has 1 amide bonds. The Kier molecular flexibility index (Phi) is 5.34. The van der Waals surface area contributed by atoms with E-state index in [0.717, 1.165) is 0 Å². The van der Waals surface area contributed by atoms with Gasteiger partial charge < -0.3 is 14.4 Å². The highest BCUT2D eigenvalue weighted by atomic mass is 19.3. The quantitative estimate of drug-likeness (QED) is 0.721. The van der Waals surface area contributed by atoms with Crippen LogP contribution in [0.4, 0.5) is 14.5 Å². The number of likely N-dealkylation sites (N-methyl/N-ethyl adjacent to an activating group) is 1. The predicted molar refractivity (Wildman–Crippen MR) is 89.4 cm³/mol. The van der Waals surface area contributed by atoms with Gasteiger partial charge in [0.25, 0.3) is 0 Å². The fraction of sp³-hybridized carbons (Fsp3) is 0.500. The van der Waals surface area contributed by atoms with Gasteiger partial charge in [-0.25, -0.2) is 9.59 Å². The fourth-order valence-electron chi connectivity index (χ4n) is 3.13. The molecule has 142 valence electrons. The third-order valence-corrected chi connectivity index (χ3v) is 4.39. The minimum atomic E-state index is -3.84. The number of benzene rings is 1. The maximum atomic E-state index is 14.3. The van der Waals surface area contributed by atoms with E-state index in [1.807, 2.05) is 0 Å². The van der Waals surface area contributed by atoms with Gasteiger partial charge in [0, 0.05) is 19.2 Å². The van der Waals surface area contributed by atoms with Crippen LogP contribution < -0.4 is 4.90 Å². The molecular weight excluding hydrogens is 348 g/mol. The molecule has 0 radical (unpaired) electrons. The molecule has 1 aliphatic heterocycles. The molecule has 1 unspecified atom stereocenters. The second kappa shape index (κ2) is 7.01. The van der Waals surface area contributed by atoms with Crippen LogP contribution in [0.5, 0.6) is 0 Å². The summed E-state index contributed by atoms with van der Waals surface area (Å²) in [6, 6.07) is 4.35. The van der Waals surface area contributed by atoms with Crippen LogP contribution in [0.3, 0.4) is 0 Å². The van der Waals surface area contributed by atoms with Crippen molar-refractivity contribution in [2.45, 2.75) is 38.5 Å². The van der Waals surface area contributed by atoms with Crippen molar-refractivity contribution < 1.29 is 32.6 Å². The number of nitrogens with zero attached hydrogens (tertiary/aromatic N) is 1. The van der Waals surface area contributed by atoms with Crippen molar-refractivity contribution >= 4 is 23.5 Å². The smallest absolute Gasteiger partial charge is 0.377 e. The Balaban J connectivity index is 2.47. The van der Waals surface area contributed by atoms with E-state index >= 15 is 0 Å². The van der Waals surface area contributed by atoms with Crippen LogP contribution in [0, 0.1) is 0 Å². The molecule has 1 atom stereocenters.